The summed E-state index contributed by atoms with van der Waals surface area (Å²) in [5.41, 5.74) is 0. The largest absolute Gasteiger partial charge is 0.0875 e. The molecule has 0 bridgehead atoms. The molecule has 0 aliphatic rings. The van der Waals surface area contributed by atoms with E-state index in [2.05, 4.69) is 20.8 Å². The molecular weight excluding hydrogens is 72.1 g/mol. The molecule has 0 rings (SSSR count). The molecule has 0 radical (unpaired) electrons. The summed E-state index contributed by atoms with van der Waals surface area (Å²) in [4.78, 5) is 0. The maximum absolute atomic E-state index is 3.76. The van der Waals surface area contributed by atoms with Crippen LogP contribution in [0.15, 0.2) is 0 Å². The third-order valence-electron chi connectivity index (χ3n) is 1.19. The van der Waals surface area contributed by atoms with Crippen LogP contribution in [0, 0.1) is 12.8 Å². The Labute approximate surface area is 40.6 Å². The van der Waals surface area contributed by atoms with E-state index >= 15 is 0 Å². The van der Waals surface area contributed by atoms with Crippen LogP contribution >= 0.6 is 0 Å². The summed E-state index contributed by atoms with van der Waals surface area (Å²) in [5.74, 6) is 0.824. The molecule has 36 valence electrons. The molecule has 0 amide bonds. The smallest absolute Gasteiger partial charge is 0.0650 e. The van der Waals surface area contributed by atoms with Gasteiger partial charge in [0, 0.05) is 0 Å². The normalized spacial score (nSPS) is 14.3. The van der Waals surface area contributed by atoms with Crippen LogP contribution in [0.4, 0.5) is 0 Å². The van der Waals surface area contributed by atoms with Gasteiger partial charge >= 0.3 is 0 Å². The highest BCUT2D eigenvalue weighted by Gasteiger charge is 1.94. The fraction of sp³-hybridized carbons (Fsp3) is 0.833. The van der Waals surface area contributed by atoms with Gasteiger partial charge in [-0.2, -0.15) is 0 Å². The maximum Gasteiger partial charge on any atom is 0.0875 e. The standard InChI is InChI=1S/C6H13/c1-4-6(3)5-2/h6H,1,4-5H2,2-3H3/q+1. The molecule has 0 saturated heterocycles. The highest BCUT2D eigenvalue weighted by Crippen LogP contribution is 2.02. The van der Waals surface area contributed by atoms with Crippen LogP contribution in [0.1, 0.15) is 26.7 Å². The summed E-state index contributed by atoms with van der Waals surface area (Å²) in [6.07, 6.45) is 2.35. The Kier molecular flexibility index (Phi) is 3.01. The van der Waals surface area contributed by atoms with Gasteiger partial charge in [-0.05, 0) is 12.3 Å². The molecule has 6 heavy (non-hydrogen) atoms. The quantitative estimate of drug-likeness (QED) is 0.451. The van der Waals surface area contributed by atoms with Gasteiger partial charge in [-0.3, -0.25) is 0 Å². The zero-order valence-electron chi connectivity index (χ0n) is 4.70. The molecule has 0 aromatic rings. The van der Waals surface area contributed by atoms with Crippen molar-refractivity contribution in [1.82, 2.24) is 0 Å². The van der Waals surface area contributed by atoms with E-state index in [0.29, 0.717) is 0 Å². The molecule has 0 aliphatic carbocycles. The van der Waals surface area contributed by atoms with Crippen molar-refractivity contribution in [2.24, 2.45) is 5.92 Å². The molecule has 0 aromatic heterocycles. The summed E-state index contributed by atoms with van der Waals surface area (Å²) in [7, 11) is 0. The Hall–Kier alpha value is -0.130. The second-order valence-corrected chi connectivity index (χ2v) is 1.80. The first-order valence-electron chi connectivity index (χ1n) is 2.60. The van der Waals surface area contributed by atoms with Crippen LogP contribution in [0.3, 0.4) is 0 Å². The minimum absolute atomic E-state index is 0.824. The topological polar surface area (TPSA) is 0 Å². The molecule has 1 unspecified atom stereocenters. The summed E-state index contributed by atoms with van der Waals surface area (Å²) < 4.78 is 0. The van der Waals surface area contributed by atoms with Crippen LogP contribution in [0.2, 0.25) is 0 Å². The maximum atomic E-state index is 3.76. The minimum Gasteiger partial charge on any atom is -0.0650 e. The van der Waals surface area contributed by atoms with E-state index in [0.717, 1.165) is 12.3 Å². The van der Waals surface area contributed by atoms with Gasteiger partial charge in [0.05, 0.1) is 13.3 Å². The number of hydrogen-bond donors (Lipinski definition) is 0. The van der Waals surface area contributed by atoms with E-state index < -0.39 is 0 Å². The SMILES string of the molecule is [CH2+]CC(C)CC. The molecule has 0 heteroatoms. The zero-order chi connectivity index (χ0) is 4.99. The highest BCUT2D eigenvalue weighted by atomic mass is 13.9. The molecule has 1 atom stereocenters. The fourth-order valence-electron chi connectivity index (χ4n) is 0.204. The first-order chi connectivity index (χ1) is 2.81. The van der Waals surface area contributed by atoms with Crippen molar-refractivity contribution in [1.29, 1.82) is 0 Å². The Morgan fingerprint density at radius 1 is 1.67 bits per heavy atom. The van der Waals surface area contributed by atoms with Crippen LogP contribution in [-0.2, 0) is 0 Å². The van der Waals surface area contributed by atoms with Gasteiger partial charge in [-0.1, -0.05) is 13.8 Å². The molecule has 0 saturated carbocycles. The van der Waals surface area contributed by atoms with Crippen molar-refractivity contribution < 1.29 is 0 Å². The third-order valence-corrected chi connectivity index (χ3v) is 1.19. The molecule has 0 nitrogen and oxygen atoms in total. The van der Waals surface area contributed by atoms with E-state index in [4.69, 9.17) is 0 Å². The third kappa shape index (κ3) is 2.13. The van der Waals surface area contributed by atoms with Crippen molar-refractivity contribution in [3.63, 3.8) is 0 Å². The lowest BCUT2D eigenvalue weighted by molar-refractivity contribution is 0.570. The fourth-order valence-corrected chi connectivity index (χ4v) is 0.204. The highest BCUT2D eigenvalue weighted by molar-refractivity contribution is 4.48. The number of hydrogen-bond acceptors (Lipinski definition) is 0. The predicted molar refractivity (Wildman–Crippen MR) is 29.4 cm³/mol. The van der Waals surface area contributed by atoms with Crippen LogP contribution < -0.4 is 0 Å². The average molecular weight is 85.2 g/mol. The van der Waals surface area contributed by atoms with Gasteiger partial charge in [-0.25, -0.2) is 0 Å². The van der Waals surface area contributed by atoms with Gasteiger partial charge in [0.15, 0.2) is 0 Å². The Balaban J connectivity index is 2.75. The van der Waals surface area contributed by atoms with Crippen molar-refractivity contribution in [2.75, 3.05) is 0 Å². The summed E-state index contributed by atoms with van der Waals surface area (Å²) in [6.45, 7) is 8.16. The summed E-state index contributed by atoms with van der Waals surface area (Å²) >= 11 is 0. The van der Waals surface area contributed by atoms with Crippen LogP contribution in [-0.4, -0.2) is 0 Å². The lowest BCUT2D eigenvalue weighted by Crippen LogP contribution is -1.85. The Bertz CT molecular complexity index is 19.2. The van der Waals surface area contributed by atoms with E-state index in [1.807, 2.05) is 0 Å². The first kappa shape index (κ1) is 5.87. The zero-order valence-corrected chi connectivity index (χ0v) is 4.70. The van der Waals surface area contributed by atoms with Crippen LogP contribution in [0.5, 0.6) is 0 Å². The molecule has 0 heterocycles. The second-order valence-electron chi connectivity index (χ2n) is 1.80. The monoisotopic (exact) mass is 85.1 g/mol. The van der Waals surface area contributed by atoms with E-state index in [-0.39, 0.29) is 0 Å². The Morgan fingerprint density at radius 3 is 2.17 bits per heavy atom. The summed E-state index contributed by atoms with van der Waals surface area (Å²) in [6, 6.07) is 0. The Morgan fingerprint density at radius 2 is 2.17 bits per heavy atom. The number of rotatable bonds is 2. The van der Waals surface area contributed by atoms with Crippen molar-refractivity contribution in [2.45, 2.75) is 26.7 Å². The van der Waals surface area contributed by atoms with Gasteiger partial charge in [-0.15, -0.1) is 0 Å². The molecule has 0 N–H and O–H groups in total. The lowest BCUT2D eigenvalue weighted by atomic mass is 10.1. The van der Waals surface area contributed by atoms with E-state index in [1.165, 1.54) is 6.42 Å². The minimum atomic E-state index is 0.824. The molecule has 0 fully saturated rings. The summed E-state index contributed by atoms with van der Waals surface area (Å²) in [5, 5.41) is 0. The second kappa shape index (κ2) is 3.08. The van der Waals surface area contributed by atoms with Gasteiger partial charge in [0.25, 0.3) is 0 Å². The van der Waals surface area contributed by atoms with Gasteiger partial charge < -0.3 is 0 Å². The molecule has 0 aliphatic heterocycles. The van der Waals surface area contributed by atoms with Crippen molar-refractivity contribution in [3.8, 4) is 0 Å². The predicted octanol–water partition coefficient (Wildman–Crippen LogP) is 2.26. The van der Waals surface area contributed by atoms with Crippen molar-refractivity contribution >= 4 is 0 Å². The average Bonchev–Trinajstić information content (AvgIpc) is 1.65. The lowest BCUT2D eigenvalue weighted by Gasteiger charge is -1.93. The molecular formula is C6H13+. The molecule has 0 spiro atoms. The van der Waals surface area contributed by atoms with E-state index in [9.17, 15) is 0 Å². The van der Waals surface area contributed by atoms with Crippen LogP contribution in [0.25, 0.3) is 0 Å². The van der Waals surface area contributed by atoms with Gasteiger partial charge in [0.1, 0.15) is 0 Å². The van der Waals surface area contributed by atoms with Crippen molar-refractivity contribution in [3.05, 3.63) is 6.92 Å². The molecule has 0 aromatic carbocycles. The van der Waals surface area contributed by atoms with E-state index in [1.54, 1.807) is 0 Å². The van der Waals surface area contributed by atoms with Gasteiger partial charge in [0.2, 0.25) is 0 Å². The first-order valence-corrected chi connectivity index (χ1v) is 2.60.